The predicted octanol–water partition coefficient (Wildman–Crippen LogP) is 5.18. The maximum absolute atomic E-state index is 13.9. The number of nitrogens with zero attached hydrogens (tertiary/aromatic N) is 2. The van der Waals surface area contributed by atoms with E-state index < -0.39 is 30.2 Å². The molecule has 1 amide bonds. The Balaban J connectivity index is 2.20. The predicted molar refractivity (Wildman–Crippen MR) is 122 cm³/mol. The van der Waals surface area contributed by atoms with Crippen LogP contribution in [0.2, 0.25) is 0 Å². The fourth-order valence-electron chi connectivity index (χ4n) is 3.31. The van der Waals surface area contributed by atoms with E-state index in [9.17, 15) is 23.2 Å². The summed E-state index contributed by atoms with van der Waals surface area (Å²) in [6, 6.07) is 12.1. The Morgan fingerprint density at radius 1 is 1.06 bits per heavy atom. The highest BCUT2D eigenvalue weighted by atomic mass is 79.9. The minimum atomic E-state index is -4.62. The Labute approximate surface area is 199 Å². The quantitative estimate of drug-likeness (QED) is 0.476. The van der Waals surface area contributed by atoms with Crippen molar-refractivity contribution in [3.8, 4) is 12.1 Å². The molecular formula is C24H24BrF3N4O. The van der Waals surface area contributed by atoms with Crippen molar-refractivity contribution in [3.05, 3.63) is 69.7 Å². The molecule has 0 saturated carbocycles. The third kappa shape index (κ3) is 8.20. The van der Waals surface area contributed by atoms with Crippen LogP contribution in [0.4, 0.5) is 13.2 Å². The first kappa shape index (κ1) is 26.4. The third-order valence-electron chi connectivity index (χ3n) is 4.92. The zero-order valence-electron chi connectivity index (χ0n) is 18.2. The molecule has 0 aliphatic carbocycles. The van der Waals surface area contributed by atoms with E-state index in [1.54, 1.807) is 24.3 Å². The highest BCUT2D eigenvalue weighted by Crippen LogP contribution is 2.34. The lowest BCUT2D eigenvalue weighted by atomic mass is 9.98. The zero-order valence-corrected chi connectivity index (χ0v) is 19.7. The van der Waals surface area contributed by atoms with E-state index in [-0.39, 0.29) is 24.3 Å². The Morgan fingerprint density at radius 2 is 1.67 bits per heavy atom. The maximum atomic E-state index is 13.9. The van der Waals surface area contributed by atoms with Gasteiger partial charge in [-0.15, -0.1) is 0 Å². The molecule has 0 unspecified atom stereocenters. The second kappa shape index (κ2) is 11.8. The van der Waals surface area contributed by atoms with Crippen molar-refractivity contribution in [2.75, 3.05) is 0 Å². The Hall–Kier alpha value is -2.88. The molecule has 174 valence electrons. The Bertz CT molecular complexity index is 1010. The fraction of sp³-hybridized carbons (Fsp3) is 0.375. The fourth-order valence-corrected chi connectivity index (χ4v) is 3.57. The van der Waals surface area contributed by atoms with E-state index in [1.165, 1.54) is 24.3 Å². The summed E-state index contributed by atoms with van der Waals surface area (Å²) in [5.41, 5.74) is 1.17. The number of halogens is 4. The van der Waals surface area contributed by atoms with Crippen molar-refractivity contribution in [3.63, 3.8) is 0 Å². The molecule has 9 heteroatoms. The molecule has 2 N–H and O–H groups in total. The molecule has 0 aliphatic heterocycles. The smallest absolute Gasteiger partial charge is 0.339 e. The number of benzene rings is 2. The Kier molecular flexibility index (Phi) is 9.45. The van der Waals surface area contributed by atoms with E-state index in [0.29, 0.717) is 10.0 Å². The highest BCUT2D eigenvalue weighted by Gasteiger charge is 2.43. The number of carbonyl (C=O) groups is 1. The molecule has 0 bridgehead atoms. The summed E-state index contributed by atoms with van der Waals surface area (Å²) in [5.74, 6) is -0.735. The molecule has 0 aromatic heterocycles. The molecule has 0 spiro atoms. The van der Waals surface area contributed by atoms with Gasteiger partial charge in [-0.1, -0.05) is 54.0 Å². The van der Waals surface area contributed by atoms with E-state index >= 15 is 0 Å². The van der Waals surface area contributed by atoms with Crippen LogP contribution >= 0.6 is 15.9 Å². The Morgan fingerprint density at radius 3 is 2.15 bits per heavy atom. The normalized spacial score (nSPS) is 14.1. The van der Waals surface area contributed by atoms with Gasteiger partial charge >= 0.3 is 6.18 Å². The van der Waals surface area contributed by atoms with Crippen molar-refractivity contribution >= 4 is 21.8 Å². The lowest BCUT2D eigenvalue weighted by Gasteiger charge is -2.29. The number of rotatable bonds is 9. The molecular weight excluding hydrogens is 497 g/mol. The average Bonchev–Trinajstić information content (AvgIpc) is 2.76. The number of nitriles is 2. The summed E-state index contributed by atoms with van der Waals surface area (Å²) in [6.07, 6.45) is -4.30. The average molecular weight is 521 g/mol. The van der Waals surface area contributed by atoms with Gasteiger partial charge in [-0.05, 0) is 47.7 Å². The van der Waals surface area contributed by atoms with E-state index in [1.807, 2.05) is 26.0 Å². The van der Waals surface area contributed by atoms with Crippen LogP contribution in [-0.4, -0.2) is 24.2 Å². The van der Waals surface area contributed by atoms with Gasteiger partial charge in [-0.3, -0.25) is 10.1 Å². The van der Waals surface area contributed by atoms with Crippen molar-refractivity contribution in [2.24, 2.45) is 5.92 Å². The van der Waals surface area contributed by atoms with Gasteiger partial charge < -0.3 is 5.32 Å². The summed E-state index contributed by atoms with van der Waals surface area (Å²) in [6.45, 7) is 3.62. The van der Waals surface area contributed by atoms with Crippen LogP contribution in [0.15, 0.2) is 53.0 Å². The molecule has 2 aromatic rings. The molecule has 0 heterocycles. The lowest BCUT2D eigenvalue weighted by Crippen LogP contribution is -2.51. The number of amides is 1. The number of nitrogens with one attached hydrogen (secondary N) is 2. The van der Waals surface area contributed by atoms with E-state index in [0.717, 1.165) is 5.56 Å². The van der Waals surface area contributed by atoms with Crippen molar-refractivity contribution in [2.45, 2.75) is 51.0 Å². The standard InChI is InChI=1S/C24H24BrF3N4O/c1-15(2)11-21(32-22(24(26,27)28)18-7-9-19(25)10-8-18)23(33)31-20(14-30)12-16-3-5-17(13-29)6-4-16/h3-10,15,20-22,32H,11-12H2,1-2H3,(H,31,33)/t20-,21-,22-/m0/s1. The van der Waals surface area contributed by atoms with Gasteiger partial charge in [0, 0.05) is 10.9 Å². The molecule has 0 aliphatic rings. The first-order chi connectivity index (χ1) is 15.5. The number of hydrogen-bond acceptors (Lipinski definition) is 4. The second-order valence-corrected chi connectivity index (χ2v) is 8.99. The number of carbonyl (C=O) groups excluding carboxylic acids is 1. The number of hydrogen-bond donors (Lipinski definition) is 2. The van der Waals surface area contributed by atoms with Crippen LogP contribution in [0.1, 0.15) is 43.0 Å². The topological polar surface area (TPSA) is 88.7 Å². The minimum Gasteiger partial charge on any atom is -0.339 e. The zero-order chi connectivity index (χ0) is 24.6. The van der Waals surface area contributed by atoms with Crippen molar-refractivity contribution in [1.82, 2.24) is 10.6 Å². The molecule has 2 rings (SSSR count). The van der Waals surface area contributed by atoms with Gasteiger partial charge in [0.05, 0.1) is 23.7 Å². The molecule has 0 radical (unpaired) electrons. The van der Waals surface area contributed by atoms with Gasteiger partial charge in [-0.2, -0.15) is 23.7 Å². The first-order valence-corrected chi connectivity index (χ1v) is 11.1. The van der Waals surface area contributed by atoms with Crippen LogP contribution in [0, 0.1) is 28.6 Å². The summed E-state index contributed by atoms with van der Waals surface area (Å²) in [4.78, 5) is 12.9. The van der Waals surface area contributed by atoms with Gasteiger partial charge in [-0.25, -0.2) is 0 Å². The minimum absolute atomic E-state index is 0.0123. The summed E-state index contributed by atoms with van der Waals surface area (Å²) in [5, 5.41) is 23.4. The van der Waals surface area contributed by atoms with E-state index in [4.69, 9.17) is 5.26 Å². The molecule has 5 nitrogen and oxygen atoms in total. The highest BCUT2D eigenvalue weighted by molar-refractivity contribution is 9.10. The molecule has 3 atom stereocenters. The van der Waals surface area contributed by atoms with Gasteiger partial charge in [0.15, 0.2) is 0 Å². The van der Waals surface area contributed by atoms with Crippen molar-refractivity contribution < 1.29 is 18.0 Å². The summed E-state index contributed by atoms with van der Waals surface area (Å²) >= 11 is 3.21. The lowest BCUT2D eigenvalue weighted by molar-refractivity contribution is -0.161. The SMILES string of the molecule is CC(C)C[C@H](N[C@@H](c1ccc(Br)cc1)C(F)(F)F)C(=O)N[C@H](C#N)Cc1ccc(C#N)cc1. The third-order valence-corrected chi connectivity index (χ3v) is 5.45. The van der Waals surface area contributed by atoms with Gasteiger partial charge in [0.25, 0.3) is 0 Å². The van der Waals surface area contributed by atoms with E-state index in [2.05, 4.69) is 26.6 Å². The van der Waals surface area contributed by atoms with Gasteiger partial charge in [0.2, 0.25) is 5.91 Å². The largest absolute Gasteiger partial charge is 0.407 e. The summed E-state index contributed by atoms with van der Waals surface area (Å²) in [7, 11) is 0. The van der Waals surface area contributed by atoms with Gasteiger partial charge in [0.1, 0.15) is 12.1 Å². The van der Waals surface area contributed by atoms with Crippen LogP contribution < -0.4 is 10.6 Å². The number of alkyl halides is 3. The monoisotopic (exact) mass is 520 g/mol. The van der Waals surface area contributed by atoms with Crippen LogP contribution in [0.25, 0.3) is 0 Å². The first-order valence-electron chi connectivity index (χ1n) is 10.3. The second-order valence-electron chi connectivity index (χ2n) is 8.08. The molecule has 0 saturated heterocycles. The molecule has 0 fully saturated rings. The van der Waals surface area contributed by atoms with Crippen LogP contribution in [0.3, 0.4) is 0 Å². The molecule has 33 heavy (non-hydrogen) atoms. The van der Waals surface area contributed by atoms with Crippen LogP contribution in [-0.2, 0) is 11.2 Å². The maximum Gasteiger partial charge on any atom is 0.407 e. The summed E-state index contributed by atoms with van der Waals surface area (Å²) < 4.78 is 42.2. The molecule has 2 aromatic carbocycles. The van der Waals surface area contributed by atoms with Crippen molar-refractivity contribution in [1.29, 1.82) is 10.5 Å². The van der Waals surface area contributed by atoms with Crippen LogP contribution in [0.5, 0.6) is 0 Å².